The van der Waals surface area contributed by atoms with Gasteiger partial charge in [-0.3, -0.25) is 0 Å². The van der Waals surface area contributed by atoms with Crippen LogP contribution in [0.4, 0.5) is 19.1 Å². The predicted octanol–water partition coefficient (Wildman–Crippen LogP) is 5.22. The highest BCUT2D eigenvalue weighted by Gasteiger charge is 2.30. The van der Waals surface area contributed by atoms with E-state index in [1.807, 2.05) is 0 Å². The molecule has 0 saturated carbocycles. The Morgan fingerprint density at radius 3 is 2.78 bits per heavy atom. The Hall–Kier alpha value is -2.19. The van der Waals surface area contributed by atoms with Gasteiger partial charge in [-0.2, -0.15) is 18.2 Å². The summed E-state index contributed by atoms with van der Waals surface area (Å²) in [4.78, 5) is 8.55. The van der Waals surface area contributed by atoms with E-state index in [2.05, 4.69) is 15.1 Å². The third-order valence-electron chi connectivity index (χ3n) is 2.77. The third-order valence-corrected chi connectivity index (χ3v) is 4.10. The molecule has 118 valence electrons. The summed E-state index contributed by atoms with van der Waals surface area (Å²) in [5.41, 5.74) is -0.471. The largest absolute Gasteiger partial charge is 0.416 e. The Kier molecular flexibility index (Phi) is 4.18. The van der Waals surface area contributed by atoms with Crippen molar-refractivity contribution in [2.45, 2.75) is 6.18 Å². The van der Waals surface area contributed by atoms with Gasteiger partial charge in [0.25, 0.3) is 11.8 Å². The minimum atomic E-state index is -4.40. The zero-order valence-corrected chi connectivity index (χ0v) is 12.8. The minimum absolute atomic E-state index is 0.00174. The molecule has 0 radical (unpaired) electrons. The van der Waals surface area contributed by atoms with Crippen molar-refractivity contribution in [3.8, 4) is 10.8 Å². The van der Waals surface area contributed by atoms with Crippen molar-refractivity contribution in [2.75, 3.05) is 0 Å². The molecule has 1 aromatic carbocycles. The van der Waals surface area contributed by atoms with Crippen LogP contribution in [0.1, 0.15) is 11.1 Å². The molecule has 0 spiro atoms. The van der Waals surface area contributed by atoms with Crippen molar-refractivity contribution in [1.82, 2.24) is 10.1 Å². The van der Waals surface area contributed by atoms with E-state index >= 15 is 0 Å². The summed E-state index contributed by atoms with van der Waals surface area (Å²) in [7, 11) is 0. The summed E-state index contributed by atoms with van der Waals surface area (Å²) < 4.78 is 42.9. The van der Waals surface area contributed by atoms with Crippen LogP contribution in [0.5, 0.6) is 0 Å². The zero-order valence-electron chi connectivity index (χ0n) is 11.2. The maximum Gasteiger partial charge on any atom is 0.416 e. The van der Waals surface area contributed by atoms with E-state index in [9.17, 15) is 13.2 Å². The lowest BCUT2D eigenvalue weighted by Gasteiger charge is -2.06. The van der Waals surface area contributed by atoms with Gasteiger partial charge < -0.3 is 4.52 Å². The molecule has 4 nitrogen and oxygen atoms in total. The number of rotatable bonds is 3. The van der Waals surface area contributed by atoms with Gasteiger partial charge in [0.2, 0.25) is 0 Å². The van der Waals surface area contributed by atoms with E-state index in [4.69, 9.17) is 16.1 Å². The number of benzene rings is 1. The molecule has 0 aliphatic rings. The summed E-state index contributed by atoms with van der Waals surface area (Å²) >= 11 is 7.28. The first kappa shape index (κ1) is 15.7. The number of nitrogens with zero attached hydrogens (tertiary/aromatic N) is 3. The lowest BCUT2D eigenvalue weighted by atomic mass is 10.1. The van der Waals surface area contributed by atoms with Crippen molar-refractivity contribution in [3.05, 3.63) is 51.9 Å². The minimum Gasteiger partial charge on any atom is -0.331 e. The van der Waals surface area contributed by atoms with Gasteiger partial charge in [0.1, 0.15) is 4.88 Å². The second kappa shape index (κ2) is 6.13. The molecular formula is C14H7ClF3N3OS. The highest BCUT2D eigenvalue weighted by Crippen LogP contribution is 2.33. The summed E-state index contributed by atoms with van der Waals surface area (Å²) in [5.74, 6) is 0.211. The molecule has 0 unspecified atom stereocenters. The standard InChI is InChI=1S/C14H7ClF3N3OS/c15-10-4-5-23-11(10)12-20-13(21-22-12)19-7-8-2-1-3-9(6-8)14(16,17)18/h1-7H. The molecule has 0 saturated heterocycles. The topological polar surface area (TPSA) is 51.3 Å². The van der Waals surface area contributed by atoms with Crippen LogP contribution >= 0.6 is 22.9 Å². The molecule has 0 bridgehead atoms. The van der Waals surface area contributed by atoms with Gasteiger partial charge in [0.05, 0.1) is 10.6 Å². The lowest BCUT2D eigenvalue weighted by molar-refractivity contribution is -0.137. The number of alkyl halides is 3. The third kappa shape index (κ3) is 3.59. The molecule has 0 aliphatic carbocycles. The van der Waals surface area contributed by atoms with Crippen LogP contribution in [0.2, 0.25) is 5.02 Å². The highest BCUT2D eigenvalue weighted by atomic mass is 35.5. The molecule has 0 amide bonds. The first-order valence-electron chi connectivity index (χ1n) is 6.22. The average molecular weight is 358 g/mol. The van der Waals surface area contributed by atoms with Gasteiger partial charge in [-0.1, -0.05) is 23.7 Å². The van der Waals surface area contributed by atoms with Crippen molar-refractivity contribution < 1.29 is 17.7 Å². The highest BCUT2D eigenvalue weighted by molar-refractivity contribution is 7.14. The second-order valence-electron chi connectivity index (χ2n) is 4.38. The summed E-state index contributed by atoms with van der Waals surface area (Å²) in [5, 5.41) is 5.89. The van der Waals surface area contributed by atoms with Gasteiger partial charge >= 0.3 is 6.18 Å². The lowest BCUT2D eigenvalue weighted by Crippen LogP contribution is -2.04. The normalized spacial score (nSPS) is 12.2. The molecule has 0 atom stereocenters. The monoisotopic (exact) mass is 357 g/mol. The van der Waals surface area contributed by atoms with Crippen molar-refractivity contribution in [3.63, 3.8) is 0 Å². The molecule has 3 rings (SSSR count). The molecule has 3 aromatic rings. The Morgan fingerprint density at radius 2 is 2.09 bits per heavy atom. The van der Waals surface area contributed by atoms with Gasteiger partial charge in [0, 0.05) is 6.21 Å². The molecule has 0 aliphatic heterocycles. The second-order valence-corrected chi connectivity index (χ2v) is 5.70. The fraction of sp³-hybridized carbons (Fsp3) is 0.0714. The fourth-order valence-electron chi connectivity index (χ4n) is 1.73. The van der Waals surface area contributed by atoms with Crippen LogP contribution in [0.25, 0.3) is 10.8 Å². The Balaban J connectivity index is 1.81. The summed E-state index contributed by atoms with van der Waals surface area (Å²) in [6, 6.07) is 6.47. The smallest absolute Gasteiger partial charge is 0.331 e. The van der Waals surface area contributed by atoms with Gasteiger partial charge in [0.15, 0.2) is 0 Å². The predicted molar refractivity (Wildman–Crippen MR) is 81.3 cm³/mol. The van der Waals surface area contributed by atoms with Crippen LogP contribution in [-0.4, -0.2) is 16.4 Å². The van der Waals surface area contributed by atoms with Crippen LogP contribution in [0.3, 0.4) is 0 Å². The van der Waals surface area contributed by atoms with E-state index in [-0.39, 0.29) is 17.4 Å². The van der Waals surface area contributed by atoms with E-state index in [0.29, 0.717) is 9.90 Å². The number of hydrogen-bond donors (Lipinski definition) is 0. The molecule has 2 heterocycles. The van der Waals surface area contributed by atoms with E-state index in [1.165, 1.54) is 29.7 Å². The first-order chi connectivity index (χ1) is 10.9. The maximum atomic E-state index is 12.6. The van der Waals surface area contributed by atoms with Gasteiger partial charge in [-0.25, -0.2) is 4.99 Å². The van der Waals surface area contributed by atoms with E-state index < -0.39 is 11.7 Å². The number of thiophene rings is 1. The van der Waals surface area contributed by atoms with Crippen LogP contribution in [0.15, 0.2) is 45.2 Å². The van der Waals surface area contributed by atoms with Crippen LogP contribution < -0.4 is 0 Å². The summed E-state index contributed by atoms with van der Waals surface area (Å²) in [6.07, 6.45) is -3.17. The Labute approximate surface area is 137 Å². The Morgan fingerprint density at radius 1 is 1.26 bits per heavy atom. The molecular weight excluding hydrogens is 351 g/mol. The van der Waals surface area contributed by atoms with Crippen molar-refractivity contribution in [1.29, 1.82) is 0 Å². The van der Waals surface area contributed by atoms with E-state index in [0.717, 1.165) is 12.1 Å². The summed E-state index contributed by atoms with van der Waals surface area (Å²) in [6.45, 7) is 0. The molecule has 0 fully saturated rings. The van der Waals surface area contributed by atoms with Gasteiger partial charge in [-0.05, 0) is 34.3 Å². The maximum absolute atomic E-state index is 12.6. The first-order valence-corrected chi connectivity index (χ1v) is 7.47. The van der Waals surface area contributed by atoms with Crippen LogP contribution in [-0.2, 0) is 6.18 Å². The van der Waals surface area contributed by atoms with Crippen molar-refractivity contribution >= 4 is 35.1 Å². The number of aliphatic imine (C=N–C) groups is 1. The van der Waals surface area contributed by atoms with E-state index in [1.54, 1.807) is 11.4 Å². The molecule has 9 heteroatoms. The zero-order chi connectivity index (χ0) is 16.4. The molecule has 23 heavy (non-hydrogen) atoms. The number of hydrogen-bond acceptors (Lipinski definition) is 5. The van der Waals surface area contributed by atoms with Crippen LogP contribution in [0, 0.1) is 0 Å². The Bertz CT molecular complexity index is 857. The SMILES string of the molecule is FC(F)(F)c1cccc(C=Nc2noc(-c3sccc3Cl)n2)c1. The quantitative estimate of drug-likeness (QED) is 0.604. The molecule has 0 N–H and O–H groups in total. The van der Waals surface area contributed by atoms with Crippen molar-refractivity contribution in [2.24, 2.45) is 4.99 Å². The average Bonchev–Trinajstić information content (AvgIpc) is 3.13. The number of halogens is 4. The number of aromatic nitrogens is 2. The fourth-order valence-corrected chi connectivity index (χ4v) is 2.79. The molecule has 2 aromatic heterocycles. The van der Waals surface area contributed by atoms with Gasteiger partial charge in [-0.15, -0.1) is 11.3 Å².